The van der Waals surface area contributed by atoms with Crippen LogP contribution < -0.4 is 14.8 Å². The lowest BCUT2D eigenvalue weighted by Gasteiger charge is -2.29. The number of hydrogen-bond donors (Lipinski definition) is 1. The summed E-state index contributed by atoms with van der Waals surface area (Å²) in [6.07, 6.45) is 4.08. The Balaban J connectivity index is 1.31. The minimum absolute atomic E-state index is 0.0563. The molecule has 1 aromatic heterocycles. The molecule has 3 aromatic rings. The van der Waals surface area contributed by atoms with E-state index in [4.69, 9.17) is 14.5 Å². The van der Waals surface area contributed by atoms with Gasteiger partial charge in [-0.2, -0.15) is 0 Å². The number of carbonyl (C=O) groups is 1. The molecule has 2 aliphatic rings. The Labute approximate surface area is 188 Å². The van der Waals surface area contributed by atoms with Gasteiger partial charge in [-0.05, 0) is 61.1 Å². The highest BCUT2D eigenvalue weighted by molar-refractivity contribution is 5.95. The van der Waals surface area contributed by atoms with Crippen molar-refractivity contribution >= 4 is 16.9 Å². The predicted molar refractivity (Wildman–Crippen MR) is 125 cm³/mol. The first-order chi connectivity index (χ1) is 15.5. The second kappa shape index (κ2) is 8.49. The first kappa shape index (κ1) is 20.9. The van der Waals surface area contributed by atoms with E-state index in [0.717, 1.165) is 37.0 Å². The van der Waals surface area contributed by atoms with Gasteiger partial charge in [0.15, 0.2) is 11.5 Å². The lowest BCUT2D eigenvalue weighted by Crippen LogP contribution is -2.38. The van der Waals surface area contributed by atoms with Crippen molar-refractivity contribution in [1.29, 1.82) is 0 Å². The quantitative estimate of drug-likeness (QED) is 0.634. The van der Waals surface area contributed by atoms with Crippen molar-refractivity contribution < 1.29 is 14.3 Å². The SMILES string of the molecule is CC(C)c1ccc2nc(C3CCCC(NC(=O)c4ccc5c(c4)OCCO5)C3)n(C)c2c1. The van der Waals surface area contributed by atoms with Gasteiger partial charge in [-0.15, -0.1) is 0 Å². The minimum Gasteiger partial charge on any atom is -0.486 e. The van der Waals surface area contributed by atoms with Crippen LogP contribution in [-0.2, 0) is 7.05 Å². The molecule has 1 N–H and O–H groups in total. The van der Waals surface area contributed by atoms with E-state index in [-0.39, 0.29) is 11.9 Å². The van der Waals surface area contributed by atoms with E-state index in [1.807, 2.05) is 6.07 Å². The number of aromatic nitrogens is 2. The zero-order valence-electron chi connectivity index (χ0n) is 19.1. The second-order valence-electron chi connectivity index (χ2n) is 9.32. The Kier molecular flexibility index (Phi) is 5.53. The van der Waals surface area contributed by atoms with E-state index in [0.29, 0.717) is 42.1 Å². The molecule has 5 rings (SSSR count). The molecular weight excluding hydrogens is 402 g/mol. The van der Waals surface area contributed by atoms with Crippen molar-refractivity contribution in [2.45, 2.75) is 57.4 Å². The van der Waals surface area contributed by atoms with Gasteiger partial charge in [0.2, 0.25) is 0 Å². The summed E-state index contributed by atoms with van der Waals surface area (Å²) in [5.41, 5.74) is 4.18. The van der Waals surface area contributed by atoms with Gasteiger partial charge in [0.05, 0.1) is 11.0 Å². The zero-order valence-corrected chi connectivity index (χ0v) is 19.1. The molecule has 1 amide bonds. The van der Waals surface area contributed by atoms with Crippen LogP contribution in [0.4, 0.5) is 0 Å². The van der Waals surface area contributed by atoms with E-state index in [2.05, 4.69) is 49.0 Å². The molecule has 0 bridgehead atoms. The summed E-state index contributed by atoms with van der Waals surface area (Å²) in [4.78, 5) is 17.9. The van der Waals surface area contributed by atoms with Gasteiger partial charge in [0.25, 0.3) is 5.91 Å². The molecule has 6 nitrogen and oxygen atoms in total. The monoisotopic (exact) mass is 433 g/mol. The summed E-state index contributed by atoms with van der Waals surface area (Å²) in [6, 6.07) is 12.1. The number of hydrogen-bond acceptors (Lipinski definition) is 4. The highest BCUT2D eigenvalue weighted by atomic mass is 16.6. The van der Waals surface area contributed by atoms with Crippen molar-refractivity contribution in [3.8, 4) is 11.5 Å². The number of aryl methyl sites for hydroxylation is 1. The average molecular weight is 434 g/mol. The van der Waals surface area contributed by atoms with Crippen LogP contribution in [0, 0.1) is 0 Å². The van der Waals surface area contributed by atoms with Gasteiger partial charge in [0, 0.05) is 24.6 Å². The smallest absolute Gasteiger partial charge is 0.251 e. The van der Waals surface area contributed by atoms with E-state index in [1.165, 1.54) is 11.1 Å². The van der Waals surface area contributed by atoms with Crippen molar-refractivity contribution in [1.82, 2.24) is 14.9 Å². The third-order valence-corrected chi connectivity index (χ3v) is 6.79. The van der Waals surface area contributed by atoms with Crippen molar-refractivity contribution in [2.24, 2.45) is 7.05 Å². The fraction of sp³-hybridized carbons (Fsp3) is 0.462. The Hall–Kier alpha value is -3.02. The molecule has 1 aliphatic carbocycles. The summed E-state index contributed by atoms with van der Waals surface area (Å²) >= 11 is 0. The molecule has 168 valence electrons. The second-order valence-corrected chi connectivity index (χ2v) is 9.32. The fourth-order valence-corrected chi connectivity index (χ4v) is 4.96. The molecule has 32 heavy (non-hydrogen) atoms. The van der Waals surface area contributed by atoms with Crippen LogP contribution in [0.15, 0.2) is 36.4 Å². The Bertz CT molecular complexity index is 1150. The predicted octanol–water partition coefficient (Wildman–Crippen LogP) is 4.92. The summed E-state index contributed by atoms with van der Waals surface area (Å²) in [7, 11) is 2.12. The first-order valence-corrected chi connectivity index (χ1v) is 11.7. The van der Waals surface area contributed by atoms with Gasteiger partial charge >= 0.3 is 0 Å². The van der Waals surface area contributed by atoms with E-state index in [9.17, 15) is 4.79 Å². The maximum Gasteiger partial charge on any atom is 0.251 e. The Morgan fingerprint density at radius 3 is 2.72 bits per heavy atom. The summed E-state index contributed by atoms with van der Waals surface area (Å²) < 4.78 is 13.4. The van der Waals surface area contributed by atoms with Crippen LogP contribution in [0.2, 0.25) is 0 Å². The summed E-state index contributed by atoms with van der Waals surface area (Å²) in [6.45, 7) is 5.49. The lowest BCUT2D eigenvalue weighted by atomic mass is 9.85. The van der Waals surface area contributed by atoms with Crippen molar-refractivity contribution in [3.05, 3.63) is 53.3 Å². The molecule has 0 radical (unpaired) electrons. The highest BCUT2D eigenvalue weighted by Crippen LogP contribution is 2.35. The summed E-state index contributed by atoms with van der Waals surface area (Å²) in [5.74, 6) is 3.25. The maximum atomic E-state index is 12.9. The van der Waals surface area contributed by atoms with Crippen LogP contribution in [0.5, 0.6) is 11.5 Å². The molecule has 0 saturated heterocycles. The normalized spacial score (nSPS) is 20.5. The number of carbonyl (C=O) groups excluding carboxylic acids is 1. The molecule has 2 atom stereocenters. The van der Waals surface area contributed by atoms with Crippen LogP contribution in [0.25, 0.3) is 11.0 Å². The topological polar surface area (TPSA) is 65.4 Å². The molecule has 1 fully saturated rings. The van der Waals surface area contributed by atoms with Gasteiger partial charge < -0.3 is 19.4 Å². The number of fused-ring (bicyclic) bond motifs is 2. The van der Waals surface area contributed by atoms with E-state index >= 15 is 0 Å². The average Bonchev–Trinajstić information content (AvgIpc) is 3.14. The van der Waals surface area contributed by atoms with Gasteiger partial charge in [-0.3, -0.25) is 4.79 Å². The number of imidazole rings is 1. The van der Waals surface area contributed by atoms with Gasteiger partial charge in [-0.25, -0.2) is 4.98 Å². The third-order valence-electron chi connectivity index (χ3n) is 6.79. The van der Waals surface area contributed by atoms with Crippen LogP contribution >= 0.6 is 0 Å². The standard InChI is InChI=1S/C26H31N3O3/c1-16(2)17-7-9-21-22(14-17)29(3)25(28-21)18-5-4-6-20(13-18)27-26(30)19-8-10-23-24(15-19)32-12-11-31-23/h7-10,14-16,18,20H,4-6,11-13H2,1-3H3,(H,27,30). The number of nitrogens with zero attached hydrogens (tertiary/aromatic N) is 2. The van der Waals surface area contributed by atoms with Crippen LogP contribution in [0.3, 0.4) is 0 Å². The third kappa shape index (κ3) is 3.94. The molecule has 2 aromatic carbocycles. The van der Waals surface area contributed by atoms with Crippen molar-refractivity contribution in [3.63, 3.8) is 0 Å². The number of rotatable bonds is 4. The van der Waals surface area contributed by atoms with Gasteiger partial charge in [-0.1, -0.05) is 26.3 Å². The first-order valence-electron chi connectivity index (χ1n) is 11.7. The van der Waals surface area contributed by atoms with Crippen LogP contribution in [-0.4, -0.2) is 34.7 Å². The molecule has 1 aliphatic heterocycles. The molecule has 0 spiro atoms. The molecular formula is C26H31N3O3. The van der Waals surface area contributed by atoms with E-state index in [1.54, 1.807) is 12.1 Å². The number of nitrogens with one attached hydrogen (secondary N) is 1. The molecule has 6 heteroatoms. The van der Waals surface area contributed by atoms with Gasteiger partial charge in [0.1, 0.15) is 19.0 Å². The Morgan fingerprint density at radius 2 is 1.91 bits per heavy atom. The zero-order chi connectivity index (χ0) is 22.2. The van der Waals surface area contributed by atoms with E-state index < -0.39 is 0 Å². The largest absolute Gasteiger partial charge is 0.486 e. The minimum atomic E-state index is -0.0563. The molecule has 1 saturated carbocycles. The summed E-state index contributed by atoms with van der Waals surface area (Å²) in [5, 5.41) is 3.25. The number of benzene rings is 2. The number of ether oxygens (including phenoxy) is 2. The Morgan fingerprint density at radius 1 is 1.09 bits per heavy atom. The highest BCUT2D eigenvalue weighted by Gasteiger charge is 2.28. The number of amides is 1. The van der Waals surface area contributed by atoms with Crippen LogP contribution in [0.1, 0.15) is 73.1 Å². The van der Waals surface area contributed by atoms with Crippen molar-refractivity contribution in [2.75, 3.05) is 13.2 Å². The molecule has 2 heterocycles. The fourth-order valence-electron chi connectivity index (χ4n) is 4.96. The molecule has 2 unspecified atom stereocenters. The lowest BCUT2D eigenvalue weighted by molar-refractivity contribution is 0.0923. The maximum absolute atomic E-state index is 12.9.